The van der Waals surface area contributed by atoms with E-state index in [1.165, 1.54) is 4.90 Å². The van der Waals surface area contributed by atoms with Crippen molar-refractivity contribution in [3.8, 4) is 0 Å². The second kappa shape index (κ2) is 5.70. The molecule has 0 radical (unpaired) electrons. The van der Waals surface area contributed by atoms with E-state index in [0.717, 1.165) is 19.3 Å². The van der Waals surface area contributed by atoms with Gasteiger partial charge in [-0.15, -0.1) is 0 Å². The lowest BCUT2D eigenvalue weighted by molar-refractivity contribution is -0.144. The van der Waals surface area contributed by atoms with Crippen molar-refractivity contribution in [2.24, 2.45) is 0 Å². The van der Waals surface area contributed by atoms with E-state index < -0.39 is 5.97 Å². The van der Waals surface area contributed by atoms with Crippen LogP contribution in [0, 0.1) is 0 Å². The van der Waals surface area contributed by atoms with Gasteiger partial charge in [0.05, 0.1) is 6.54 Å². The third-order valence-electron chi connectivity index (χ3n) is 2.29. The van der Waals surface area contributed by atoms with Gasteiger partial charge in [0.25, 0.3) is 0 Å². The minimum absolute atomic E-state index is 0.119. The van der Waals surface area contributed by atoms with Gasteiger partial charge in [0, 0.05) is 12.6 Å². The van der Waals surface area contributed by atoms with Crippen LogP contribution in [0.1, 0.15) is 26.2 Å². The Labute approximate surface area is 89.4 Å². The quantitative estimate of drug-likeness (QED) is 0.629. The molecular formula is C10H18N2O3. The summed E-state index contributed by atoms with van der Waals surface area (Å²) in [6.45, 7) is 2.50. The van der Waals surface area contributed by atoms with Crippen LogP contribution in [0.4, 0.5) is 0 Å². The number of carboxylic acid groups (broad SMARTS) is 1. The van der Waals surface area contributed by atoms with Gasteiger partial charge >= 0.3 is 5.97 Å². The van der Waals surface area contributed by atoms with Gasteiger partial charge in [-0.1, -0.05) is 6.92 Å². The highest BCUT2D eigenvalue weighted by atomic mass is 16.4. The molecule has 86 valence electrons. The summed E-state index contributed by atoms with van der Waals surface area (Å²) in [7, 11) is 0. The predicted molar refractivity (Wildman–Crippen MR) is 55.5 cm³/mol. The van der Waals surface area contributed by atoms with Crippen molar-refractivity contribution < 1.29 is 14.7 Å². The molecule has 0 heterocycles. The number of amides is 1. The summed E-state index contributed by atoms with van der Waals surface area (Å²) >= 11 is 0. The molecule has 1 aliphatic carbocycles. The molecule has 0 aromatic rings. The van der Waals surface area contributed by atoms with Crippen molar-refractivity contribution in [3.63, 3.8) is 0 Å². The summed E-state index contributed by atoms with van der Waals surface area (Å²) < 4.78 is 0. The van der Waals surface area contributed by atoms with Crippen molar-refractivity contribution >= 4 is 11.9 Å². The van der Waals surface area contributed by atoms with Gasteiger partial charge in [-0.05, 0) is 19.3 Å². The van der Waals surface area contributed by atoms with E-state index in [-0.39, 0.29) is 19.0 Å². The molecule has 0 aromatic heterocycles. The number of carbonyl (C=O) groups is 2. The zero-order valence-corrected chi connectivity index (χ0v) is 9.03. The Balaban J connectivity index is 2.30. The smallest absolute Gasteiger partial charge is 0.323 e. The highest BCUT2D eigenvalue weighted by Crippen LogP contribution is 2.18. The maximum absolute atomic E-state index is 11.6. The highest BCUT2D eigenvalue weighted by molar-refractivity contribution is 5.82. The molecule has 1 saturated carbocycles. The van der Waals surface area contributed by atoms with Crippen LogP contribution < -0.4 is 5.32 Å². The van der Waals surface area contributed by atoms with Crippen molar-refractivity contribution in [2.75, 3.05) is 19.6 Å². The van der Waals surface area contributed by atoms with Gasteiger partial charge in [0.2, 0.25) is 5.91 Å². The van der Waals surface area contributed by atoms with Crippen molar-refractivity contribution in [1.29, 1.82) is 0 Å². The fraction of sp³-hybridized carbons (Fsp3) is 0.800. The molecular weight excluding hydrogens is 196 g/mol. The van der Waals surface area contributed by atoms with E-state index in [0.29, 0.717) is 12.6 Å². The van der Waals surface area contributed by atoms with E-state index in [9.17, 15) is 9.59 Å². The van der Waals surface area contributed by atoms with Crippen molar-refractivity contribution in [2.45, 2.75) is 32.2 Å². The largest absolute Gasteiger partial charge is 0.480 e. The first-order chi connectivity index (χ1) is 7.13. The molecule has 2 N–H and O–H groups in total. The first-order valence-corrected chi connectivity index (χ1v) is 5.36. The first-order valence-electron chi connectivity index (χ1n) is 5.36. The van der Waals surface area contributed by atoms with Crippen LogP contribution in [0.25, 0.3) is 0 Å². The lowest BCUT2D eigenvalue weighted by Gasteiger charge is -2.20. The van der Waals surface area contributed by atoms with Crippen LogP contribution in [0.5, 0.6) is 0 Å². The number of hydrogen-bond donors (Lipinski definition) is 2. The molecule has 1 fully saturated rings. The average Bonchev–Trinajstić information content (AvgIpc) is 2.96. The summed E-state index contributed by atoms with van der Waals surface area (Å²) in [4.78, 5) is 23.5. The summed E-state index contributed by atoms with van der Waals surface area (Å²) in [6.07, 6.45) is 3.03. The van der Waals surface area contributed by atoms with Crippen molar-refractivity contribution in [1.82, 2.24) is 10.2 Å². The van der Waals surface area contributed by atoms with Crippen LogP contribution in [0.2, 0.25) is 0 Å². The number of carboxylic acids is 1. The van der Waals surface area contributed by atoms with Crippen LogP contribution in [0.15, 0.2) is 0 Å². The SMILES string of the molecule is CCCN(CC(=O)O)C(=O)CNC1CC1. The van der Waals surface area contributed by atoms with Crippen molar-refractivity contribution in [3.05, 3.63) is 0 Å². The number of hydrogen-bond acceptors (Lipinski definition) is 3. The molecule has 1 rings (SSSR count). The summed E-state index contributed by atoms with van der Waals surface area (Å²) in [5.74, 6) is -1.07. The summed E-state index contributed by atoms with van der Waals surface area (Å²) in [5, 5.41) is 11.7. The number of rotatable bonds is 7. The fourth-order valence-corrected chi connectivity index (χ4v) is 1.36. The summed E-state index contributed by atoms with van der Waals surface area (Å²) in [6, 6.07) is 0.474. The van der Waals surface area contributed by atoms with E-state index in [4.69, 9.17) is 5.11 Å². The van der Waals surface area contributed by atoms with Crippen LogP contribution in [0.3, 0.4) is 0 Å². The topological polar surface area (TPSA) is 69.6 Å². The van der Waals surface area contributed by atoms with Gasteiger partial charge in [-0.2, -0.15) is 0 Å². The molecule has 0 aromatic carbocycles. The summed E-state index contributed by atoms with van der Waals surface area (Å²) in [5.41, 5.74) is 0. The number of carbonyl (C=O) groups excluding carboxylic acids is 1. The Kier molecular flexibility index (Phi) is 4.55. The van der Waals surface area contributed by atoms with E-state index in [2.05, 4.69) is 5.32 Å². The number of nitrogens with one attached hydrogen (secondary N) is 1. The molecule has 0 atom stereocenters. The first kappa shape index (κ1) is 12.0. The zero-order chi connectivity index (χ0) is 11.3. The Morgan fingerprint density at radius 1 is 1.47 bits per heavy atom. The maximum Gasteiger partial charge on any atom is 0.323 e. The lowest BCUT2D eigenvalue weighted by Crippen LogP contribution is -2.42. The predicted octanol–water partition coefficient (Wildman–Crippen LogP) is 0.0616. The van der Waals surface area contributed by atoms with Gasteiger partial charge in [0.15, 0.2) is 0 Å². The van der Waals surface area contributed by atoms with E-state index in [1.54, 1.807) is 0 Å². The molecule has 0 saturated heterocycles. The minimum Gasteiger partial charge on any atom is -0.480 e. The second-order valence-electron chi connectivity index (χ2n) is 3.86. The fourth-order valence-electron chi connectivity index (χ4n) is 1.36. The molecule has 0 bridgehead atoms. The normalized spacial score (nSPS) is 15.0. The Morgan fingerprint density at radius 2 is 2.13 bits per heavy atom. The van der Waals surface area contributed by atoms with Crippen LogP contribution in [-0.4, -0.2) is 47.6 Å². The Hall–Kier alpha value is -1.10. The molecule has 5 nitrogen and oxygen atoms in total. The van der Waals surface area contributed by atoms with E-state index in [1.807, 2.05) is 6.92 Å². The molecule has 15 heavy (non-hydrogen) atoms. The van der Waals surface area contributed by atoms with Gasteiger partial charge in [-0.3, -0.25) is 9.59 Å². The van der Waals surface area contributed by atoms with Crippen LogP contribution in [-0.2, 0) is 9.59 Å². The second-order valence-corrected chi connectivity index (χ2v) is 3.86. The van der Waals surface area contributed by atoms with Crippen LogP contribution >= 0.6 is 0 Å². The molecule has 0 spiro atoms. The number of aliphatic carboxylic acids is 1. The lowest BCUT2D eigenvalue weighted by atomic mass is 10.3. The van der Waals surface area contributed by atoms with E-state index >= 15 is 0 Å². The molecule has 1 aliphatic rings. The minimum atomic E-state index is -0.955. The standard InChI is InChI=1S/C10H18N2O3/c1-2-5-12(7-10(14)15)9(13)6-11-8-3-4-8/h8,11H,2-7H2,1H3,(H,14,15). The highest BCUT2D eigenvalue weighted by Gasteiger charge is 2.23. The van der Waals surface area contributed by atoms with Gasteiger partial charge in [0.1, 0.15) is 6.54 Å². The molecule has 0 aliphatic heterocycles. The number of nitrogens with zero attached hydrogens (tertiary/aromatic N) is 1. The third kappa shape index (κ3) is 4.78. The third-order valence-corrected chi connectivity index (χ3v) is 2.29. The maximum atomic E-state index is 11.6. The van der Waals surface area contributed by atoms with Gasteiger partial charge in [-0.25, -0.2) is 0 Å². The average molecular weight is 214 g/mol. The molecule has 1 amide bonds. The monoisotopic (exact) mass is 214 g/mol. The zero-order valence-electron chi connectivity index (χ0n) is 9.03. The molecule has 0 unspecified atom stereocenters. The Bertz CT molecular complexity index is 239. The molecule has 5 heteroatoms. The van der Waals surface area contributed by atoms with Gasteiger partial charge < -0.3 is 15.3 Å². The Morgan fingerprint density at radius 3 is 2.60 bits per heavy atom.